The van der Waals surface area contributed by atoms with Gasteiger partial charge < -0.3 is 10.4 Å². The summed E-state index contributed by atoms with van der Waals surface area (Å²) in [7, 11) is 0. The maximum Gasteiger partial charge on any atom is 0.320 e. The molecule has 0 aliphatic heterocycles. The maximum atomic E-state index is 11.7. The van der Waals surface area contributed by atoms with E-state index in [9.17, 15) is 4.79 Å². The lowest BCUT2D eigenvalue weighted by molar-refractivity contribution is 0.248. The molecule has 0 saturated heterocycles. The van der Waals surface area contributed by atoms with Gasteiger partial charge in [-0.25, -0.2) is 9.48 Å². The van der Waals surface area contributed by atoms with Crippen molar-refractivity contribution in [3.05, 3.63) is 40.0 Å². The lowest BCUT2D eigenvalue weighted by Gasteiger charge is -2.06. The normalized spacial score (nSPS) is 10.5. The van der Waals surface area contributed by atoms with Crippen LogP contribution in [0.1, 0.15) is 12.1 Å². The average molecular weight is 343 g/mol. The highest BCUT2D eigenvalue weighted by Gasteiger charge is 2.10. The van der Waals surface area contributed by atoms with Gasteiger partial charge in [-0.15, -0.1) is 5.10 Å². The number of aliphatic hydroxyl groups is 1. The van der Waals surface area contributed by atoms with Gasteiger partial charge in [0.05, 0.1) is 15.7 Å². The van der Waals surface area contributed by atoms with E-state index in [2.05, 4.69) is 15.7 Å². The predicted octanol–water partition coefficient (Wildman–Crippen LogP) is 2.99. The van der Waals surface area contributed by atoms with Crippen LogP contribution in [0.3, 0.4) is 0 Å². The topological polar surface area (TPSA) is 79.2 Å². The van der Waals surface area contributed by atoms with Crippen LogP contribution in [0.15, 0.2) is 24.3 Å². The molecule has 0 fully saturated rings. The van der Waals surface area contributed by atoms with Gasteiger partial charge in [-0.3, -0.25) is 5.32 Å². The van der Waals surface area contributed by atoms with Crippen LogP contribution in [-0.4, -0.2) is 34.1 Å². The summed E-state index contributed by atoms with van der Waals surface area (Å²) in [5.74, 6) is 0.421. The zero-order valence-electron chi connectivity index (χ0n) is 11.9. The van der Waals surface area contributed by atoms with Gasteiger partial charge in [-0.1, -0.05) is 23.2 Å². The van der Waals surface area contributed by atoms with Crippen LogP contribution in [-0.2, 0) is 0 Å². The molecule has 1 aromatic carbocycles. The van der Waals surface area contributed by atoms with Gasteiger partial charge in [-0.05, 0) is 31.5 Å². The third kappa shape index (κ3) is 4.13. The predicted molar refractivity (Wildman–Crippen MR) is 87.0 cm³/mol. The lowest BCUT2D eigenvalue weighted by Crippen LogP contribution is -2.30. The summed E-state index contributed by atoms with van der Waals surface area (Å²) in [5, 5.41) is 19.1. The van der Waals surface area contributed by atoms with Crippen molar-refractivity contribution in [1.29, 1.82) is 0 Å². The summed E-state index contributed by atoms with van der Waals surface area (Å²) < 4.78 is 1.66. The Kier molecular flexibility index (Phi) is 5.65. The van der Waals surface area contributed by atoms with Gasteiger partial charge in [0, 0.05) is 24.9 Å². The van der Waals surface area contributed by atoms with Crippen LogP contribution < -0.4 is 10.6 Å². The molecule has 0 saturated carbocycles. The molecule has 2 amide bonds. The molecule has 8 heteroatoms. The molecule has 0 unspecified atom stereocenters. The molecule has 2 rings (SSSR count). The minimum atomic E-state index is -0.368. The number of anilines is 1. The first-order chi connectivity index (χ1) is 10.5. The van der Waals surface area contributed by atoms with Gasteiger partial charge >= 0.3 is 6.03 Å². The molecule has 1 aromatic heterocycles. The Hall–Kier alpha value is -1.76. The van der Waals surface area contributed by atoms with Crippen molar-refractivity contribution in [3.8, 4) is 5.69 Å². The number of nitrogens with zero attached hydrogens (tertiary/aromatic N) is 2. The Morgan fingerprint density at radius 3 is 2.77 bits per heavy atom. The molecule has 0 radical (unpaired) electrons. The van der Waals surface area contributed by atoms with E-state index in [1.54, 1.807) is 28.9 Å². The lowest BCUT2D eigenvalue weighted by atomic mass is 10.3. The first kappa shape index (κ1) is 16.6. The fourth-order valence-corrected chi connectivity index (χ4v) is 2.15. The SMILES string of the molecule is Cc1cc(NC(=O)NCCCO)nn1-c1ccc(Cl)c(Cl)c1. The van der Waals surface area contributed by atoms with Gasteiger partial charge in [0.25, 0.3) is 0 Å². The smallest absolute Gasteiger partial charge is 0.320 e. The first-order valence-electron chi connectivity index (χ1n) is 6.69. The highest BCUT2D eigenvalue weighted by atomic mass is 35.5. The highest BCUT2D eigenvalue weighted by molar-refractivity contribution is 6.42. The molecule has 22 heavy (non-hydrogen) atoms. The number of rotatable bonds is 5. The van der Waals surface area contributed by atoms with Crippen LogP contribution in [0.5, 0.6) is 0 Å². The minimum Gasteiger partial charge on any atom is -0.396 e. The van der Waals surface area contributed by atoms with E-state index >= 15 is 0 Å². The number of benzene rings is 1. The molecule has 3 N–H and O–H groups in total. The number of halogens is 2. The number of nitrogens with one attached hydrogen (secondary N) is 2. The van der Waals surface area contributed by atoms with E-state index in [-0.39, 0.29) is 12.6 Å². The van der Waals surface area contributed by atoms with E-state index in [0.29, 0.717) is 28.8 Å². The summed E-state index contributed by atoms with van der Waals surface area (Å²) in [4.78, 5) is 11.7. The van der Waals surface area contributed by atoms with E-state index < -0.39 is 0 Å². The largest absolute Gasteiger partial charge is 0.396 e. The van der Waals surface area contributed by atoms with Crippen molar-refractivity contribution < 1.29 is 9.90 Å². The second kappa shape index (κ2) is 7.49. The molecule has 2 aromatic rings. The molecule has 0 spiro atoms. The van der Waals surface area contributed by atoms with Crippen molar-refractivity contribution in [3.63, 3.8) is 0 Å². The van der Waals surface area contributed by atoms with Crippen LogP contribution in [0, 0.1) is 6.92 Å². The molecule has 1 heterocycles. The van der Waals surface area contributed by atoms with Gasteiger partial charge in [-0.2, -0.15) is 0 Å². The highest BCUT2D eigenvalue weighted by Crippen LogP contribution is 2.25. The van der Waals surface area contributed by atoms with Gasteiger partial charge in [0.2, 0.25) is 0 Å². The number of hydrogen-bond donors (Lipinski definition) is 3. The standard InChI is InChI=1S/C14H16Cl2N4O2/c1-9-7-13(18-14(22)17-5-2-6-21)19-20(9)10-3-4-11(15)12(16)8-10/h3-4,7-8,21H,2,5-6H2,1H3,(H2,17,18,19,22). The zero-order valence-corrected chi connectivity index (χ0v) is 13.4. The molecule has 118 valence electrons. The molecule has 6 nitrogen and oxygen atoms in total. The number of amides is 2. The van der Waals surface area contributed by atoms with Crippen molar-refractivity contribution in [2.75, 3.05) is 18.5 Å². The maximum absolute atomic E-state index is 11.7. The van der Waals surface area contributed by atoms with Crippen molar-refractivity contribution in [1.82, 2.24) is 15.1 Å². The first-order valence-corrected chi connectivity index (χ1v) is 7.44. The third-order valence-corrected chi connectivity index (χ3v) is 3.64. The number of carbonyl (C=O) groups is 1. The van der Waals surface area contributed by atoms with Crippen LogP contribution >= 0.6 is 23.2 Å². The summed E-state index contributed by atoms with van der Waals surface area (Å²) >= 11 is 11.9. The second-order valence-corrected chi connectivity index (χ2v) is 5.45. The molecular weight excluding hydrogens is 327 g/mol. The molecular formula is C14H16Cl2N4O2. The molecule has 0 aliphatic rings. The quantitative estimate of drug-likeness (QED) is 0.730. The van der Waals surface area contributed by atoms with E-state index in [1.165, 1.54) is 0 Å². The van der Waals surface area contributed by atoms with E-state index in [0.717, 1.165) is 11.4 Å². The summed E-state index contributed by atoms with van der Waals surface area (Å²) in [6.07, 6.45) is 0.504. The number of carbonyl (C=O) groups excluding carboxylic acids is 1. The number of urea groups is 1. The van der Waals surface area contributed by atoms with Crippen LogP contribution in [0.4, 0.5) is 10.6 Å². The Morgan fingerprint density at radius 2 is 2.09 bits per heavy atom. The summed E-state index contributed by atoms with van der Waals surface area (Å²) in [6, 6.07) is 6.56. The zero-order chi connectivity index (χ0) is 16.1. The van der Waals surface area contributed by atoms with E-state index in [1.807, 2.05) is 6.92 Å². The van der Waals surface area contributed by atoms with Gasteiger partial charge in [0.1, 0.15) is 0 Å². The fraction of sp³-hybridized carbons (Fsp3) is 0.286. The molecule has 0 atom stereocenters. The third-order valence-electron chi connectivity index (χ3n) is 2.90. The van der Waals surface area contributed by atoms with Crippen LogP contribution in [0.2, 0.25) is 10.0 Å². The monoisotopic (exact) mass is 342 g/mol. The van der Waals surface area contributed by atoms with Crippen molar-refractivity contribution >= 4 is 35.1 Å². The summed E-state index contributed by atoms with van der Waals surface area (Å²) in [5.41, 5.74) is 1.59. The summed E-state index contributed by atoms with van der Waals surface area (Å²) in [6.45, 7) is 2.30. The van der Waals surface area contributed by atoms with Gasteiger partial charge in [0.15, 0.2) is 5.82 Å². The minimum absolute atomic E-state index is 0.0331. The average Bonchev–Trinajstić information content (AvgIpc) is 2.83. The number of aliphatic hydroxyl groups excluding tert-OH is 1. The Balaban J connectivity index is 2.10. The Bertz CT molecular complexity index is 673. The number of aromatic nitrogens is 2. The number of aryl methyl sites for hydroxylation is 1. The van der Waals surface area contributed by atoms with Crippen molar-refractivity contribution in [2.24, 2.45) is 0 Å². The second-order valence-electron chi connectivity index (χ2n) is 4.64. The van der Waals surface area contributed by atoms with Crippen LogP contribution in [0.25, 0.3) is 5.69 Å². The Morgan fingerprint density at radius 1 is 1.32 bits per heavy atom. The Labute approximate surface area is 138 Å². The van der Waals surface area contributed by atoms with Crippen molar-refractivity contribution in [2.45, 2.75) is 13.3 Å². The number of hydrogen-bond acceptors (Lipinski definition) is 3. The fourth-order valence-electron chi connectivity index (χ4n) is 1.86. The molecule has 0 aliphatic carbocycles. The van der Waals surface area contributed by atoms with E-state index in [4.69, 9.17) is 28.3 Å². The molecule has 0 bridgehead atoms.